The molecule has 0 unspecified atom stereocenters. The molecule has 0 aliphatic heterocycles. The van der Waals surface area contributed by atoms with Crippen LogP contribution in [0.4, 0.5) is 0 Å². The fraction of sp³-hybridized carbons (Fsp3) is 0.400. The molecule has 1 saturated carbocycles. The van der Waals surface area contributed by atoms with Gasteiger partial charge in [-0.15, -0.1) is 0 Å². The monoisotopic (exact) mass is 327 g/mol. The predicted octanol–water partition coefficient (Wildman–Crippen LogP) is 3.67. The largest absolute Gasteiger partial charge is 0.484 e. The van der Waals surface area contributed by atoms with E-state index < -0.39 is 6.10 Å². The van der Waals surface area contributed by atoms with Gasteiger partial charge in [-0.1, -0.05) is 29.8 Å². The summed E-state index contributed by atoms with van der Waals surface area (Å²) >= 11 is 0. The number of aliphatic hydroxyl groups excluding tert-OH is 1. The van der Waals surface area contributed by atoms with Crippen molar-refractivity contribution in [3.8, 4) is 17.2 Å². The molecule has 0 heterocycles. The molecule has 0 bridgehead atoms. The lowest BCUT2D eigenvalue weighted by molar-refractivity contribution is -0.0142. The van der Waals surface area contributed by atoms with Crippen LogP contribution in [-0.4, -0.2) is 30.4 Å². The molecule has 0 amide bonds. The summed E-state index contributed by atoms with van der Waals surface area (Å²) in [4.78, 5) is 0. The highest BCUT2D eigenvalue weighted by atomic mass is 16.5. The molecule has 2 aromatic rings. The molecule has 3 atom stereocenters. The van der Waals surface area contributed by atoms with Crippen molar-refractivity contribution >= 4 is 0 Å². The topological polar surface area (TPSA) is 50.7 Å². The second-order valence-corrected chi connectivity index (χ2v) is 6.33. The molecule has 1 aliphatic carbocycles. The lowest BCUT2D eigenvalue weighted by atomic mass is 9.90. The highest BCUT2D eigenvalue weighted by Gasteiger charge is 2.32. The standard InChI is InChI=1S/C20H25NO3/c1-14-10-12-15(13-11-14)23-17-7-3-4-8-18(17)24-19-9-5-6-16(21-2)20(19)22/h3-4,7-8,10-13,16,19-22H,5-6,9H2,1-2H3/t16-,19-,20-/m1/s1. The summed E-state index contributed by atoms with van der Waals surface area (Å²) in [5.41, 5.74) is 1.19. The van der Waals surface area contributed by atoms with Crippen molar-refractivity contribution in [2.45, 2.75) is 44.4 Å². The van der Waals surface area contributed by atoms with E-state index in [9.17, 15) is 5.11 Å². The van der Waals surface area contributed by atoms with Gasteiger partial charge in [-0.2, -0.15) is 0 Å². The molecule has 0 aromatic heterocycles. The van der Waals surface area contributed by atoms with Crippen molar-refractivity contribution in [2.24, 2.45) is 0 Å². The fourth-order valence-electron chi connectivity index (χ4n) is 3.11. The third kappa shape index (κ3) is 3.89. The summed E-state index contributed by atoms with van der Waals surface area (Å²) < 4.78 is 12.1. The van der Waals surface area contributed by atoms with Crippen molar-refractivity contribution in [3.63, 3.8) is 0 Å². The van der Waals surface area contributed by atoms with Gasteiger partial charge >= 0.3 is 0 Å². The van der Waals surface area contributed by atoms with Crippen LogP contribution in [-0.2, 0) is 0 Å². The van der Waals surface area contributed by atoms with Gasteiger partial charge in [0.1, 0.15) is 18.0 Å². The van der Waals surface area contributed by atoms with Gasteiger partial charge in [-0.25, -0.2) is 0 Å². The maximum atomic E-state index is 10.5. The third-order valence-electron chi connectivity index (χ3n) is 4.54. The third-order valence-corrected chi connectivity index (χ3v) is 4.54. The normalized spacial score (nSPS) is 23.7. The number of nitrogens with one attached hydrogen (secondary N) is 1. The Morgan fingerprint density at radius 3 is 2.42 bits per heavy atom. The number of para-hydroxylation sites is 2. The Morgan fingerprint density at radius 2 is 1.71 bits per heavy atom. The molecule has 4 heteroatoms. The molecule has 0 radical (unpaired) electrons. The van der Waals surface area contributed by atoms with Crippen molar-refractivity contribution < 1.29 is 14.6 Å². The van der Waals surface area contributed by atoms with E-state index in [-0.39, 0.29) is 12.1 Å². The van der Waals surface area contributed by atoms with Crippen molar-refractivity contribution in [3.05, 3.63) is 54.1 Å². The lowest BCUT2D eigenvalue weighted by Crippen LogP contribution is -2.50. The zero-order valence-electron chi connectivity index (χ0n) is 14.2. The summed E-state index contributed by atoms with van der Waals surface area (Å²) in [6, 6.07) is 15.6. The Morgan fingerprint density at radius 1 is 1.00 bits per heavy atom. The van der Waals surface area contributed by atoms with E-state index in [0.29, 0.717) is 11.5 Å². The summed E-state index contributed by atoms with van der Waals surface area (Å²) in [5.74, 6) is 2.10. The number of aliphatic hydroxyl groups is 1. The summed E-state index contributed by atoms with van der Waals surface area (Å²) in [6.07, 6.45) is 2.11. The molecule has 0 saturated heterocycles. The van der Waals surface area contributed by atoms with Gasteiger partial charge in [0.2, 0.25) is 0 Å². The number of hydrogen-bond acceptors (Lipinski definition) is 4. The Kier molecular flexibility index (Phi) is 5.38. The minimum atomic E-state index is -0.517. The van der Waals surface area contributed by atoms with Gasteiger partial charge in [-0.3, -0.25) is 0 Å². The number of likely N-dealkylation sites (N-methyl/N-ethyl adjacent to an activating group) is 1. The van der Waals surface area contributed by atoms with Gasteiger partial charge in [0.15, 0.2) is 11.5 Å². The number of ether oxygens (including phenoxy) is 2. The first-order valence-corrected chi connectivity index (χ1v) is 8.53. The quantitative estimate of drug-likeness (QED) is 0.880. The molecule has 128 valence electrons. The second kappa shape index (κ2) is 7.69. The Hall–Kier alpha value is -2.04. The van der Waals surface area contributed by atoms with Crippen LogP contribution in [0.2, 0.25) is 0 Å². The smallest absolute Gasteiger partial charge is 0.169 e. The number of aryl methyl sites for hydroxylation is 1. The van der Waals surface area contributed by atoms with E-state index in [1.807, 2.05) is 62.5 Å². The zero-order chi connectivity index (χ0) is 16.9. The number of hydrogen-bond donors (Lipinski definition) is 2. The summed E-state index contributed by atoms with van der Waals surface area (Å²) in [6.45, 7) is 2.05. The molecule has 4 nitrogen and oxygen atoms in total. The Balaban J connectivity index is 1.75. The maximum Gasteiger partial charge on any atom is 0.169 e. The average molecular weight is 327 g/mol. The van der Waals surface area contributed by atoms with E-state index in [4.69, 9.17) is 9.47 Å². The first kappa shape index (κ1) is 16.8. The Bertz CT molecular complexity index is 656. The van der Waals surface area contributed by atoms with Gasteiger partial charge in [0.05, 0.1) is 0 Å². The molecular formula is C20H25NO3. The fourth-order valence-corrected chi connectivity index (χ4v) is 3.11. The average Bonchev–Trinajstić information content (AvgIpc) is 2.60. The van der Waals surface area contributed by atoms with Crippen molar-refractivity contribution in [2.75, 3.05) is 7.05 Å². The summed E-state index contributed by atoms with van der Waals surface area (Å²) in [5, 5.41) is 13.6. The van der Waals surface area contributed by atoms with Crippen LogP contribution in [0.1, 0.15) is 24.8 Å². The van der Waals surface area contributed by atoms with E-state index in [1.165, 1.54) is 5.56 Å². The molecule has 2 N–H and O–H groups in total. The number of benzene rings is 2. The van der Waals surface area contributed by atoms with Crippen LogP contribution in [0.15, 0.2) is 48.5 Å². The summed E-state index contributed by atoms with van der Waals surface area (Å²) in [7, 11) is 1.88. The van der Waals surface area contributed by atoms with E-state index >= 15 is 0 Å². The first-order valence-electron chi connectivity index (χ1n) is 8.53. The lowest BCUT2D eigenvalue weighted by Gasteiger charge is -2.34. The molecule has 0 spiro atoms. The van der Waals surface area contributed by atoms with Gasteiger partial charge in [0, 0.05) is 6.04 Å². The van der Waals surface area contributed by atoms with Crippen molar-refractivity contribution in [1.82, 2.24) is 5.32 Å². The van der Waals surface area contributed by atoms with E-state index in [1.54, 1.807) is 0 Å². The Labute approximate surface area is 143 Å². The maximum absolute atomic E-state index is 10.5. The number of rotatable bonds is 5. The zero-order valence-corrected chi connectivity index (χ0v) is 14.2. The molecule has 24 heavy (non-hydrogen) atoms. The molecular weight excluding hydrogens is 302 g/mol. The van der Waals surface area contributed by atoms with Crippen molar-refractivity contribution in [1.29, 1.82) is 0 Å². The molecule has 3 rings (SSSR count). The molecule has 1 aliphatic rings. The van der Waals surface area contributed by atoms with Crippen LogP contribution in [0, 0.1) is 6.92 Å². The van der Waals surface area contributed by atoms with Gasteiger partial charge in [0.25, 0.3) is 0 Å². The molecule has 2 aromatic carbocycles. The first-order chi connectivity index (χ1) is 11.7. The van der Waals surface area contributed by atoms with Crippen LogP contribution in [0.25, 0.3) is 0 Å². The van der Waals surface area contributed by atoms with Crippen LogP contribution in [0.5, 0.6) is 17.2 Å². The second-order valence-electron chi connectivity index (χ2n) is 6.33. The van der Waals surface area contributed by atoms with E-state index in [2.05, 4.69) is 5.32 Å². The van der Waals surface area contributed by atoms with Crippen LogP contribution >= 0.6 is 0 Å². The molecule has 1 fully saturated rings. The van der Waals surface area contributed by atoms with Crippen LogP contribution < -0.4 is 14.8 Å². The van der Waals surface area contributed by atoms with E-state index in [0.717, 1.165) is 25.0 Å². The predicted molar refractivity (Wildman–Crippen MR) is 94.8 cm³/mol. The highest BCUT2D eigenvalue weighted by Crippen LogP contribution is 2.34. The van der Waals surface area contributed by atoms with Gasteiger partial charge in [-0.05, 0) is 57.5 Å². The van der Waals surface area contributed by atoms with Crippen LogP contribution in [0.3, 0.4) is 0 Å². The SMILES string of the molecule is CN[C@@H]1CCC[C@@H](Oc2ccccc2Oc2ccc(C)cc2)[C@@H]1O. The highest BCUT2D eigenvalue weighted by molar-refractivity contribution is 5.43. The minimum Gasteiger partial charge on any atom is -0.484 e. The van der Waals surface area contributed by atoms with Gasteiger partial charge < -0.3 is 19.9 Å². The minimum absolute atomic E-state index is 0.0777.